The number of thiazole rings is 1. The molecule has 2 aromatic heterocycles. The fourth-order valence-corrected chi connectivity index (χ4v) is 7.18. The first kappa shape index (κ1) is 30.2. The molecule has 1 aromatic carbocycles. The van der Waals surface area contributed by atoms with Crippen LogP contribution in [0.2, 0.25) is 0 Å². The van der Waals surface area contributed by atoms with E-state index in [0.29, 0.717) is 31.9 Å². The molecule has 2 fully saturated rings. The number of aliphatic hydroxyl groups excluding tert-OH is 1. The van der Waals surface area contributed by atoms with Crippen molar-refractivity contribution in [3.63, 3.8) is 0 Å². The molecule has 0 unspecified atom stereocenters. The summed E-state index contributed by atoms with van der Waals surface area (Å²) >= 11 is 1.59. The zero-order valence-corrected chi connectivity index (χ0v) is 26.3. The average Bonchev–Trinajstić information content (AvgIpc) is 3.69. The summed E-state index contributed by atoms with van der Waals surface area (Å²) in [5, 5.41) is 21.4. The molecule has 8 nitrogen and oxygen atoms in total. The number of ether oxygens (including phenoxy) is 2. The van der Waals surface area contributed by atoms with Crippen molar-refractivity contribution in [2.45, 2.75) is 102 Å². The van der Waals surface area contributed by atoms with Gasteiger partial charge in [0.15, 0.2) is 0 Å². The molecule has 1 amide bonds. The number of rotatable bonds is 10. The number of amides is 1. The first-order chi connectivity index (χ1) is 20.7. The SMILES string of the molecule is CC(C)(C)Cc1cnc2c(c1)[C@@H](NC[C@H](O)[C@H](Cc1cccc(-c3nccs3)c1)NC(=O)[C@@H]1CCCO1)CC1(CCC1)O2. The molecule has 6 rings (SSSR count). The number of nitrogens with zero attached hydrogens (tertiary/aromatic N) is 2. The number of nitrogens with one attached hydrogen (secondary N) is 2. The van der Waals surface area contributed by atoms with Gasteiger partial charge in [-0.15, -0.1) is 11.3 Å². The van der Waals surface area contributed by atoms with Gasteiger partial charge >= 0.3 is 0 Å². The quantitative estimate of drug-likeness (QED) is 0.285. The van der Waals surface area contributed by atoms with Crippen LogP contribution >= 0.6 is 11.3 Å². The lowest BCUT2D eigenvalue weighted by molar-refractivity contribution is -0.131. The summed E-state index contributed by atoms with van der Waals surface area (Å²) in [6.45, 7) is 7.62. The van der Waals surface area contributed by atoms with E-state index < -0.39 is 18.2 Å². The number of hydrogen-bond acceptors (Lipinski definition) is 8. The molecule has 1 aliphatic carbocycles. The molecule has 0 bridgehead atoms. The topological polar surface area (TPSA) is 106 Å². The maximum atomic E-state index is 13.2. The number of aliphatic hydroxyl groups is 1. The molecule has 1 saturated heterocycles. The number of fused-ring (bicyclic) bond motifs is 1. The summed E-state index contributed by atoms with van der Waals surface area (Å²) in [5.41, 5.74) is 4.28. The monoisotopic (exact) mass is 604 g/mol. The van der Waals surface area contributed by atoms with Crippen molar-refractivity contribution < 1.29 is 19.4 Å². The average molecular weight is 605 g/mol. The number of benzene rings is 1. The highest BCUT2D eigenvalue weighted by molar-refractivity contribution is 7.13. The van der Waals surface area contributed by atoms with Gasteiger partial charge in [0.25, 0.3) is 0 Å². The Hall–Kier alpha value is -2.85. The van der Waals surface area contributed by atoms with E-state index in [1.165, 1.54) is 5.56 Å². The molecule has 1 saturated carbocycles. The van der Waals surface area contributed by atoms with Gasteiger partial charge in [-0.2, -0.15) is 0 Å². The third-order valence-electron chi connectivity index (χ3n) is 8.85. The van der Waals surface area contributed by atoms with Crippen LogP contribution in [0, 0.1) is 5.41 Å². The lowest BCUT2D eigenvalue weighted by Gasteiger charge is -2.47. The van der Waals surface area contributed by atoms with Crippen molar-refractivity contribution in [1.29, 1.82) is 0 Å². The first-order valence-corrected chi connectivity index (χ1v) is 16.5. The zero-order valence-electron chi connectivity index (χ0n) is 25.5. The minimum absolute atomic E-state index is 0.00821. The minimum Gasteiger partial charge on any atom is -0.471 e. The summed E-state index contributed by atoms with van der Waals surface area (Å²) in [7, 11) is 0. The van der Waals surface area contributed by atoms with Gasteiger partial charge in [-0.3, -0.25) is 4.79 Å². The summed E-state index contributed by atoms with van der Waals surface area (Å²) in [5.74, 6) is 0.552. The maximum absolute atomic E-state index is 13.2. The lowest BCUT2D eigenvalue weighted by atomic mass is 9.73. The zero-order chi connectivity index (χ0) is 30.0. The first-order valence-electron chi connectivity index (χ1n) is 15.7. The fraction of sp³-hybridized carbons (Fsp3) is 0.559. The molecule has 230 valence electrons. The molecule has 9 heteroatoms. The Morgan fingerprint density at radius 3 is 2.74 bits per heavy atom. The Labute approximate surface area is 258 Å². The van der Waals surface area contributed by atoms with E-state index >= 15 is 0 Å². The normalized spacial score (nSPS) is 22.3. The van der Waals surface area contributed by atoms with Crippen LogP contribution in [0.25, 0.3) is 10.6 Å². The standard InChI is InChI=1S/C34H44N4O4S/c1-33(2,3)18-23-16-25-27(19-34(10-6-11-34)42-31(25)37-20-23)36-21-28(39)26(38-30(40)29-9-5-13-41-29)17-22-7-4-8-24(15-22)32-35-12-14-43-32/h4,7-8,12,14-16,20,26-29,36,39H,5-6,9-11,13,17-19,21H2,1-3H3,(H,38,40)/t26-,27-,28-,29-/m0/s1. The lowest BCUT2D eigenvalue weighted by Crippen LogP contribution is -2.53. The molecule has 0 radical (unpaired) electrons. The highest BCUT2D eigenvalue weighted by Gasteiger charge is 2.46. The van der Waals surface area contributed by atoms with Gasteiger partial charge in [0, 0.05) is 54.5 Å². The molecule has 4 atom stereocenters. The summed E-state index contributed by atoms with van der Waals surface area (Å²) in [6, 6.07) is 9.94. The Bertz CT molecular complexity index is 1400. The van der Waals surface area contributed by atoms with E-state index in [1.54, 1.807) is 17.5 Å². The number of carbonyl (C=O) groups excluding carboxylic acids is 1. The van der Waals surface area contributed by atoms with Crippen molar-refractivity contribution in [2.75, 3.05) is 13.2 Å². The van der Waals surface area contributed by atoms with Crippen LogP contribution in [0.4, 0.5) is 0 Å². The summed E-state index contributed by atoms with van der Waals surface area (Å²) in [4.78, 5) is 22.4. The maximum Gasteiger partial charge on any atom is 0.249 e. The Morgan fingerprint density at radius 2 is 2.05 bits per heavy atom. The number of pyridine rings is 1. The second-order valence-electron chi connectivity index (χ2n) is 13.7. The number of hydrogen-bond donors (Lipinski definition) is 3. The third kappa shape index (κ3) is 7.28. The Kier molecular flexibility index (Phi) is 8.87. The van der Waals surface area contributed by atoms with Crippen LogP contribution in [0.5, 0.6) is 5.88 Å². The van der Waals surface area contributed by atoms with Crippen molar-refractivity contribution in [3.05, 3.63) is 64.8 Å². The van der Waals surface area contributed by atoms with Crippen molar-refractivity contribution >= 4 is 17.2 Å². The van der Waals surface area contributed by atoms with Crippen LogP contribution in [-0.4, -0.2) is 58.0 Å². The van der Waals surface area contributed by atoms with Crippen LogP contribution in [-0.2, 0) is 22.4 Å². The number of carbonyl (C=O) groups is 1. The molecule has 4 heterocycles. The molecule has 3 N–H and O–H groups in total. The van der Waals surface area contributed by atoms with E-state index in [4.69, 9.17) is 14.5 Å². The Morgan fingerprint density at radius 1 is 1.19 bits per heavy atom. The Balaban J connectivity index is 1.20. The van der Waals surface area contributed by atoms with E-state index in [2.05, 4.69) is 48.5 Å². The van der Waals surface area contributed by atoms with Crippen LogP contribution < -0.4 is 15.4 Å². The van der Waals surface area contributed by atoms with Gasteiger partial charge < -0.3 is 25.2 Å². The molecular formula is C34H44N4O4S. The van der Waals surface area contributed by atoms with Crippen molar-refractivity contribution in [3.8, 4) is 16.5 Å². The van der Waals surface area contributed by atoms with E-state index in [9.17, 15) is 9.90 Å². The summed E-state index contributed by atoms with van der Waals surface area (Å²) in [6.07, 6.45) is 9.51. The highest BCUT2D eigenvalue weighted by Crippen LogP contribution is 2.48. The van der Waals surface area contributed by atoms with Crippen molar-refractivity contribution in [1.82, 2.24) is 20.6 Å². The fourth-order valence-electron chi connectivity index (χ4n) is 6.55. The second-order valence-corrected chi connectivity index (χ2v) is 14.6. The molecule has 43 heavy (non-hydrogen) atoms. The highest BCUT2D eigenvalue weighted by atomic mass is 32.1. The van der Waals surface area contributed by atoms with E-state index in [0.717, 1.165) is 60.2 Å². The van der Waals surface area contributed by atoms with Gasteiger partial charge in [0.1, 0.15) is 16.7 Å². The molecule has 2 aliphatic heterocycles. The van der Waals surface area contributed by atoms with Crippen molar-refractivity contribution in [2.24, 2.45) is 5.41 Å². The predicted molar refractivity (Wildman–Crippen MR) is 168 cm³/mol. The second kappa shape index (κ2) is 12.6. The van der Waals surface area contributed by atoms with Gasteiger partial charge in [0.05, 0.1) is 12.1 Å². The largest absolute Gasteiger partial charge is 0.471 e. The molecule has 3 aliphatic rings. The molecular weight excluding hydrogens is 560 g/mol. The van der Waals surface area contributed by atoms with Gasteiger partial charge in [-0.05, 0) is 73.6 Å². The third-order valence-corrected chi connectivity index (χ3v) is 9.67. The van der Waals surface area contributed by atoms with Crippen LogP contribution in [0.1, 0.15) is 82.0 Å². The molecule has 1 spiro atoms. The van der Waals surface area contributed by atoms with Gasteiger partial charge in [-0.25, -0.2) is 9.97 Å². The van der Waals surface area contributed by atoms with Crippen LogP contribution in [0.15, 0.2) is 48.1 Å². The van der Waals surface area contributed by atoms with E-state index in [-0.39, 0.29) is 23.0 Å². The number of aromatic nitrogens is 2. The smallest absolute Gasteiger partial charge is 0.249 e. The van der Waals surface area contributed by atoms with E-state index in [1.807, 2.05) is 29.8 Å². The van der Waals surface area contributed by atoms with Gasteiger partial charge in [-0.1, -0.05) is 39.0 Å². The predicted octanol–water partition coefficient (Wildman–Crippen LogP) is 5.40. The van der Waals surface area contributed by atoms with Gasteiger partial charge in [0.2, 0.25) is 11.8 Å². The molecule has 3 aromatic rings. The summed E-state index contributed by atoms with van der Waals surface area (Å²) < 4.78 is 12.1. The van der Waals surface area contributed by atoms with Crippen LogP contribution in [0.3, 0.4) is 0 Å². The minimum atomic E-state index is -0.816.